The third-order valence-corrected chi connectivity index (χ3v) is 4.85. The molecule has 9 heteroatoms. The number of thioether (sulfide) groups is 1. The van der Waals surface area contributed by atoms with Crippen molar-refractivity contribution in [1.82, 2.24) is 10.2 Å². The zero-order valence-electron chi connectivity index (χ0n) is 11.8. The Hall–Kier alpha value is -1.64. The van der Waals surface area contributed by atoms with Crippen LogP contribution in [0.3, 0.4) is 0 Å². The number of hydrogen-bond acceptors (Lipinski definition) is 6. The molecule has 0 atom stereocenters. The van der Waals surface area contributed by atoms with Crippen LogP contribution in [-0.4, -0.2) is 27.8 Å². The van der Waals surface area contributed by atoms with Gasteiger partial charge in [0.15, 0.2) is 4.34 Å². The number of anilines is 2. The molecule has 0 aliphatic rings. The van der Waals surface area contributed by atoms with Crippen LogP contribution in [0.5, 0.6) is 0 Å². The lowest BCUT2D eigenvalue weighted by molar-refractivity contribution is -0.114. The summed E-state index contributed by atoms with van der Waals surface area (Å²) in [5.41, 5.74) is 1.60. The van der Waals surface area contributed by atoms with Gasteiger partial charge >= 0.3 is 0 Å². The third kappa shape index (κ3) is 4.97. The number of benzene rings is 1. The largest absolute Gasteiger partial charge is 0.325 e. The molecule has 116 valence electrons. The molecule has 0 spiro atoms. The van der Waals surface area contributed by atoms with Gasteiger partial charge in [0.1, 0.15) is 0 Å². The predicted molar refractivity (Wildman–Crippen MR) is 89.8 cm³/mol. The Balaban J connectivity index is 1.85. The molecule has 0 aliphatic heterocycles. The van der Waals surface area contributed by atoms with Crippen molar-refractivity contribution < 1.29 is 9.59 Å². The topological polar surface area (TPSA) is 84.0 Å². The summed E-state index contributed by atoms with van der Waals surface area (Å²) in [5, 5.41) is 14.0. The van der Waals surface area contributed by atoms with E-state index in [1.807, 2.05) is 13.0 Å². The van der Waals surface area contributed by atoms with Crippen molar-refractivity contribution in [2.24, 2.45) is 0 Å². The first-order chi connectivity index (χ1) is 10.4. The summed E-state index contributed by atoms with van der Waals surface area (Å²) in [6.45, 7) is 3.29. The highest BCUT2D eigenvalue weighted by molar-refractivity contribution is 8.01. The van der Waals surface area contributed by atoms with Crippen molar-refractivity contribution in [2.45, 2.75) is 18.2 Å². The minimum Gasteiger partial charge on any atom is -0.325 e. The maximum absolute atomic E-state index is 11.9. The second kappa shape index (κ2) is 7.57. The van der Waals surface area contributed by atoms with Gasteiger partial charge in [-0.25, -0.2) is 0 Å². The molecule has 1 aromatic carbocycles. The smallest absolute Gasteiger partial charge is 0.234 e. The van der Waals surface area contributed by atoms with Crippen molar-refractivity contribution in [1.29, 1.82) is 0 Å². The monoisotopic (exact) mass is 356 g/mol. The minimum absolute atomic E-state index is 0.166. The number of rotatable bonds is 5. The first-order valence-corrected chi connectivity index (χ1v) is 8.42. The van der Waals surface area contributed by atoms with Crippen LogP contribution in [0.15, 0.2) is 22.5 Å². The van der Waals surface area contributed by atoms with E-state index in [0.717, 1.165) is 5.56 Å². The average Bonchev–Trinajstić information content (AvgIpc) is 2.87. The lowest BCUT2D eigenvalue weighted by Gasteiger charge is -2.05. The summed E-state index contributed by atoms with van der Waals surface area (Å²) < 4.78 is 0.612. The molecular formula is C13H13ClN4O2S2. The van der Waals surface area contributed by atoms with E-state index in [9.17, 15) is 9.59 Å². The maximum Gasteiger partial charge on any atom is 0.234 e. The molecule has 0 radical (unpaired) electrons. The molecule has 0 saturated carbocycles. The number of hydrogen-bond donors (Lipinski definition) is 2. The second-order valence-corrected chi connectivity index (χ2v) is 6.96. The van der Waals surface area contributed by atoms with Gasteiger partial charge in [0.05, 0.1) is 5.75 Å². The fourth-order valence-electron chi connectivity index (χ4n) is 1.46. The average molecular weight is 357 g/mol. The van der Waals surface area contributed by atoms with E-state index in [1.165, 1.54) is 30.0 Å². The number of aromatic nitrogens is 2. The first-order valence-electron chi connectivity index (χ1n) is 6.24. The summed E-state index contributed by atoms with van der Waals surface area (Å²) >= 11 is 8.48. The second-order valence-electron chi connectivity index (χ2n) is 4.36. The number of nitrogens with zero attached hydrogens (tertiary/aromatic N) is 2. The molecule has 6 nitrogen and oxygen atoms in total. The zero-order valence-corrected chi connectivity index (χ0v) is 14.2. The molecule has 0 unspecified atom stereocenters. The number of halogens is 1. The lowest BCUT2D eigenvalue weighted by Crippen LogP contribution is -2.13. The van der Waals surface area contributed by atoms with E-state index in [0.29, 0.717) is 20.2 Å². The molecule has 2 N–H and O–H groups in total. The summed E-state index contributed by atoms with van der Waals surface area (Å²) in [6.07, 6.45) is 0. The van der Waals surface area contributed by atoms with Gasteiger partial charge in [0, 0.05) is 17.6 Å². The van der Waals surface area contributed by atoms with Gasteiger partial charge in [-0.1, -0.05) is 40.8 Å². The van der Waals surface area contributed by atoms with Crippen molar-refractivity contribution in [3.05, 3.63) is 28.8 Å². The van der Waals surface area contributed by atoms with Gasteiger partial charge < -0.3 is 10.6 Å². The lowest BCUT2D eigenvalue weighted by atomic mass is 10.2. The minimum atomic E-state index is -0.207. The van der Waals surface area contributed by atoms with Crippen molar-refractivity contribution >= 4 is 57.3 Å². The quantitative estimate of drug-likeness (QED) is 0.635. The Morgan fingerprint density at radius 1 is 1.32 bits per heavy atom. The Morgan fingerprint density at radius 3 is 2.77 bits per heavy atom. The van der Waals surface area contributed by atoms with Crippen molar-refractivity contribution in [3.63, 3.8) is 0 Å². The van der Waals surface area contributed by atoms with Crippen LogP contribution in [0, 0.1) is 6.92 Å². The van der Waals surface area contributed by atoms with Gasteiger partial charge in [-0.3, -0.25) is 9.59 Å². The summed E-state index contributed by atoms with van der Waals surface area (Å²) in [4.78, 5) is 22.8. The van der Waals surface area contributed by atoms with Crippen molar-refractivity contribution in [2.75, 3.05) is 16.4 Å². The molecule has 1 aromatic heterocycles. The molecular weight excluding hydrogens is 344 g/mol. The molecule has 0 aliphatic carbocycles. The fraction of sp³-hybridized carbons (Fsp3) is 0.231. The van der Waals surface area contributed by atoms with Crippen LogP contribution in [0.2, 0.25) is 5.02 Å². The van der Waals surface area contributed by atoms with E-state index < -0.39 is 0 Å². The van der Waals surface area contributed by atoms with Gasteiger partial charge in [-0.05, 0) is 24.6 Å². The number of amides is 2. The van der Waals surface area contributed by atoms with Crippen LogP contribution in [0.4, 0.5) is 10.8 Å². The third-order valence-electron chi connectivity index (χ3n) is 2.47. The standard InChI is InChI=1S/C13H13ClN4O2S2/c1-7-3-4-9(5-10(7)14)16-11(20)6-21-13-18-17-12(22-13)15-8(2)19/h3-5H,6H2,1-2H3,(H,16,20)(H,15,17,19). The SMILES string of the molecule is CC(=O)Nc1nnc(SCC(=O)Nc2ccc(C)c(Cl)c2)s1. The van der Waals surface area contributed by atoms with E-state index >= 15 is 0 Å². The highest BCUT2D eigenvalue weighted by Crippen LogP contribution is 2.26. The normalized spacial score (nSPS) is 10.3. The van der Waals surface area contributed by atoms with Crippen molar-refractivity contribution in [3.8, 4) is 0 Å². The van der Waals surface area contributed by atoms with E-state index in [1.54, 1.807) is 12.1 Å². The molecule has 0 bridgehead atoms. The van der Waals surface area contributed by atoms with Gasteiger partial charge in [-0.15, -0.1) is 10.2 Å². The highest BCUT2D eigenvalue weighted by atomic mass is 35.5. The van der Waals surface area contributed by atoms with Crippen LogP contribution < -0.4 is 10.6 Å². The number of carbonyl (C=O) groups is 2. The molecule has 1 heterocycles. The molecule has 2 amide bonds. The number of nitrogens with one attached hydrogen (secondary N) is 2. The van der Waals surface area contributed by atoms with Crippen LogP contribution in [0.1, 0.15) is 12.5 Å². The zero-order chi connectivity index (χ0) is 16.1. The summed E-state index contributed by atoms with van der Waals surface area (Å²) in [6, 6.07) is 5.35. The maximum atomic E-state index is 11.9. The molecule has 22 heavy (non-hydrogen) atoms. The Bertz CT molecular complexity index is 705. The Labute approximate surface area is 140 Å². The number of aryl methyl sites for hydroxylation is 1. The Morgan fingerprint density at radius 2 is 2.09 bits per heavy atom. The summed E-state index contributed by atoms with van der Waals surface area (Å²) in [7, 11) is 0. The van der Waals surface area contributed by atoms with E-state index in [-0.39, 0.29) is 17.6 Å². The number of carbonyl (C=O) groups excluding carboxylic acids is 2. The van der Waals surface area contributed by atoms with E-state index in [2.05, 4.69) is 20.8 Å². The molecule has 0 saturated heterocycles. The summed E-state index contributed by atoms with van der Waals surface area (Å²) in [5.74, 6) is -0.178. The molecule has 2 rings (SSSR count). The highest BCUT2D eigenvalue weighted by Gasteiger charge is 2.09. The predicted octanol–water partition coefficient (Wildman–Crippen LogP) is 3.19. The molecule has 0 fully saturated rings. The van der Waals surface area contributed by atoms with Crippen LogP contribution in [0.25, 0.3) is 0 Å². The van der Waals surface area contributed by atoms with Crippen LogP contribution >= 0.6 is 34.7 Å². The first kappa shape index (κ1) is 16.7. The van der Waals surface area contributed by atoms with Gasteiger partial charge in [0.2, 0.25) is 16.9 Å². The molecule has 2 aromatic rings. The van der Waals surface area contributed by atoms with Gasteiger partial charge in [0.25, 0.3) is 0 Å². The fourth-order valence-corrected chi connectivity index (χ4v) is 3.24. The Kier molecular flexibility index (Phi) is 5.76. The van der Waals surface area contributed by atoms with Crippen LogP contribution in [-0.2, 0) is 9.59 Å². The van der Waals surface area contributed by atoms with Gasteiger partial charge in [-0.2, -0.15) is 0 Å². The van der Waals surface area contributed by atoms with E-state index in [4.69, 9.17) is 11.6 Å².